The molecule has 0 radical (unpaired) electrons. The molecule has 0 unspecified atom stereocenters. The third-order valence-corrected chi connectivity index (χ3v) is 4.97. The summed E-state index contributed by atoms with van der Waals surface area (Å²) in [5.41, 5.74) is 5.07. The molecule has 150 valence electrons. The largest absolute Gasteiger partial charge is 0.497 e. The minimum absolute atomic E-state index is 0.118. The molecule has 0 spiro atoms. The van der Waals surface area contributed by atoms with Crippen LogP contribution in [0.2, 0.25) is 0 Å². The Morgan fingerprint density at radius 3 is 2.73 bits per heavy atom. The Morgan fingerprint density at radius 1 is 1.03 bits per heavy atom. The number of rotatable bonds is 6. The molecule has 4 aromatic rings. The zero-order chi connectivity index (χ0) is 20.9. The fraction of sp³-hybridized carbons (Fsp3) is 0.160. The van der Waals surface area contributed by atoms with Crippen LogP contribution in [-0.2, 0) is 6.42 Å². The van der Waals surface area contributed by atoms with Crippen molar-refractivity contribution in [2.45, 2.75) is 13.3 Å². The van der Waals surface area contributed by atoms with Crippen LogP contribution in [0.5, 0.6) is 5.75 Å². The normalized spacial score (nSPS) is 10.7. The lowest BCUT2D eigenvalue weighted by Crippen LogP contribution is -2.26. The van der Waals surface area contributed by atoms with Gasteiger partial charge in [0, 0.05) is 35.8 Å². The molecule has 0 saturated heterocycles. The van der Waals surface area contributed by atoms with Gasteiger partial charge in [0.1, 0.15) is 5.75 Å². The van der Waals surface area contributed by atoms with Crippen LogP contribution in [0, 0.1) is 6.92 Å². The van der Waals surface area contributed by atoms with Gasteiger partial charge in [0.2, 0.25) is 0 Å². The molecule has 5 nitrogen and oxygen atoms in total. The summed E-state index contributed by atoms with van der Waals surface area (Å²) in [4.78, 5) is 22.2. The van der Waals surface area contributed by atoms with E-state index in [0.717, 1.165) is 39.2 Å². The lowest BCUT2D eigenvalue weighted by Gasteiger charge is -2.12. The Bertz CT molecular complexity index is 1190. The molecule has 1 amide bonds. The first-order valence-corrected chi connectivity index (χ1v) is 9.88. The van der Waals surface area contributed by atoms with E-state index < -0.39 is 0 Å². The van der Waals surface area contributed by atoms with Gasteiger partial charge in [0.05, 0.1) is 23.9 Å². The second-order valence-corrected chi connectivity index (χ2v) is 7.13. The van der Waals surface area contributed by atoms with Crippen LogP contribution in [0.1, 0.15) is 21.6 Å². The van der Waals surface area contributed by atoms with Crippen molar-refractivity contribution in [3.63, 3.8) is 0 Å². The zero-order valence-corrected chi connectivity index (χ0v) is 17.1. The fourth-order valence-corrected chi connectivity index (χ4v) is 3.40. The highest BCUT2D eigenvalue weighted by molar-refractivity contribution is 6.07. The van der Waals surface area contributed by atoms with Crippen LogP contribution in [0.3, 0.4) is 0 Å². The molecule has 0 aliphatic rings. The maximum atomic E-state index is 13.1. The van der Waals surface area contributed by atoms with Gasteiger partial charge < -0.3 is 10.1 Å². The van der Waals surface area contributed by atoms with Gasteiger partial charge in [0.15, 0.2) is 0 Å². The third-order valence-electron chi connectivity index (χ3n) is 4.97. The van der Waals surface area contributed by atoms with E-state index in [1.165, 1.54) is 0 Å². The number of carbonyl (C=O) groups excluding carboxylic acids is 1. The van der Waals surface area contributed by atoms with Gasteiger partial charge in [0.25, 0.3) is 5.91 Å². The molecule has 0 saturated carbocycles. The molecule has 2 heterocycles. The summed E-state index contributed by atoms with van der Waals surface area (Å²) in [5, 5.41) is 3.87. The van der Waals surface area contributed by atoms with Crippen molar-refractivity contribution in [3.05, 3.63) is 89.7 Å². The molecule has 4 rings (SSSR count). The Labute approximate surface area is 175 Å². The van der Waals surface area contributed by atoms with E-state index in [1.807, 2.05) is 73.7 Å². The average molecular weight is 397 g/mol. The Kier molecular flexibility index (Phi) is 5.70. The van der Waals surface area contributed by atoms with Crippen LogP contribution in [-0.4, -0.2) is 29.5 Å². The maximum absolute atomic E-state index is 13.1. The van der Waals surface area contributed by atoms with E-state index in [9.17, 15) is 4.79 Å². The highest BCUT2D eigenvalue weighted by atomic mass is 16.5. The van der Waals surface area contributed by atoms with Crippen molar-refractivity contribution < 1.29 is 9.53 Å². The van der Waals surface area contributed by atoms with E-state index >= 15 is 0 Å². The molecule has 2 aromatic carbocycles. The lowest BCUT2D eigenvalue weighted by molar-refractivity contribution is 0.0955. The van der Waals surface area contributed by atoms with Gasteiger partial charge in [-0.15, -0.1) is 0 Å². The molecule has 0 aliphatic heterocycles. The third kappa shape index (κ3) is 4.30. The van der Waals surface area contributed by atoms with Gasteiger partial charge in [-0.3, -0.25) is 9.78 Å². The van der Waals surface area contributed by atoms with Crippen molar-refractivity contribution in [2.24, 2.45) is 0 Å². The minimum atomic E-state index is -0.118. The van der Waals surface area contributed by atoms with Gasteiger partial charge in [-0.25, -0.2) is 4.98 Å². The number of methoxy groups -OCH3 is 1. The number of nitrogens with one attached hydrogen (secondary N) is 1. The van der Waals surface area contributed by atoms with Crippen LogP contribution in [0.25, 0.3) is 22.2 Å². The van der Waals surface area contributed by atoms with Gasteiger partial charge in [-0.1, -0.05) is 29.8 Å². The standard InChI is InChI=1S/C25H23N3O2/c1-17-9-10-23-21(14-17)22(25(29)27-13-11-19-7-3-4-12-26-19)16-24(28-23)18-6-5-8-20(15-18)30-2/h3-10,12,14-16H,11,13H2,1-2H3,(H,27,29). The summed E-state index contributed by atoms with van der Waals surface area (Å²) in [6, 6.07) is 21.3. The van der Waals surface area contributed by atoms with Gasteiger partial charge in [-0.2, -0.15) is 0 Å². The Hall–Kier alpha value is -3.73. The number of hydrogen-bond donors (Lipinski definition) is 1. The fourth-order valence-electron chi connectivity index (χ4n) is 3.40. The number of aromatic nitrogens is 2. The second kappa shape index (κ2) is 8.74. The van der Waals surface area contributed by atoms with E-state index in [1.54, 1.807) is 13.3 Å². The average Bonchev–Trinajstić information content (AvgIpc) is 2.79. The number of ether oxygens (including phenoxy) is 1. The number of hydrogen-bond acceptors (Lipinski definition) is 4. The quantitative estimate of drug-likeness (QED) is 0.517. The van der Waals surface area contributed by atoms with Crippen LogP contribution < -0.4 is 10.1 Å². The van der Waals surface area contributed by atoms with E-state index in [-0.39, 0.29) is 5.91 Å². The molecule has 2 aromatic heterocycles. The molecule has 5 heteroatoms. The first-order valence-electron chi connectivity index (χ1n) is 9.88. The lowest BCUT2D eigenvalue weighted by atomic mass is 10.0. The Balaban J connectivity index is 1.67. The SMILES string of the molecule is COc1cccc(-c2cc(C(=O)NCCc3ccccn3)c3cc(C)ccc3n2)c1. The summed E-state index contributed by atoms with van der Waals surface area (Å²) in [5.74, 6) is 0.632. The van der Waals surface area contributed by atoms with Gasteiger partial charge in [-0.05, 0) is 49.4 Å². The Morgan fingerprint density at radius 2 is 1.93 bits per heavy atom. The summed E-state index contributed by atoms with van der Waals surface area (Å²) in [7, 11) is 1.64. The molecule has 0 fully saturated rings. The molecule has 0 bridgehead atoms. The molecule has 30 heavy (non-hydrogen) atoms. The molecule has 0 atom stereocenters. The van der Waals surface area contributed by atoms with Crippen LogP contribution in [0.15, 0.2) is 72.9 Å². The summed E-state index contributed by atoms with van der Waals surface area (Å²) < 4.78 is 5.34. The first-order chi connectivity index (χ1) is 14.6. The topological polar surface area (TPSA) is 64.1 Å². The highest BCUT2D eigenvalue weighted by Crippen LogP contribution is 2.27. The van der Waals surface area contributed by atoms with E-state index in [4.69, 9.17) is 9.72 Å². The minimum Gasteiger partial charge on any atom is -0.497 e. The maximum Gasteiger partial charge on any atom is 0.252 e. The number of fused-ring (bicyclic) bond motifs is 1. The van der Waals surface area contributed by atoms with Crippen molar-refractivity contribution >= 4 is 16.8 Å². The summed E-state index contributed by atoms with van der Waals surface area (Å²) in [6.45, 7) is 2.53. The molecular formula is C25H23N3O2. The second-order valence-electron chi connectivity index (χ2n) is 7.13. The predicted octanol–water partition coefficient (Wildman–Crippen LogP) is 4.59. The highest BCUT2D eigenvalue weighted by Gasteiger charge is 2.14. The summed E-state index contributed by atoms with van der Waals surface area (Å²) in [6.07, 6.45) is 2.44. The van der Waals surface area contributed by atoms with Crippen molar-refractivity contribution in [3.8, 4) is 17.0 Å². The molecule has 0 aliphatic carbocycles. The van der Waals surface area contributed by atoms with E-state index in [2.05, 4.69) is 10.3 Å². The molecular weight excluding hydrogens is 374 g/mol. The van der Waals surface area contributed by atoms with Crippen LogP contribution >= 0.6 is 0 Å². The van der Waals surface area contributed by atoms with Crippen molar-refractivity contribution in [1.29, 1.82) is 0 Å². The number of nitrogens with zero attached hydrogens (tertiary/aromatic N) is 2. The van der Waals surface area contributed by atoms with Crippen molar-refractivity contribution in [1.82, 2.24) is 15.3 Å². The van der Waals surface area contributed by atoms with Crippen LogP contribution in [0.4, 0.5) is 0 Å². The zero-order valence-electron chi connectivity index (χ0n) is 17.1. The van der Waals surface area contributed by atoms with Crippen molar-refractivity contribution in [2.75, 3.05) is 13.7 Å². The number of amides is 1. The number of pyridine rings is 2. The smallest absolute Gasteiger partial charge is 0.252 e. The number of carbonyl (C=O) groups is 1. The van der Waals surface area contributed by atoms with E-state index in [0.29, 0.717) is 18.5 Å². The summed E-state index contributed by atoms with van der Waals surface area (Å²) >= 11 is 0. The number of benzene rings is 2. The first kappa shape index (κ1) is 19.6. The van der Waals surface area contributed by atoms with Gasteiger partial charge >= 0.3 is 0 Å². The predicted molar refractivity (Wildman–Crippen MR) is 119 cm³/mol. The number of aryl methyl sites for hydroxylation is 1. The monoisotopic (exact) mass is 397 g/mol. The molecule has 1 N–H and O–H groups in total.